The lowest BCUT2D eigenvalue weighted by Gasteiger charge is -2.06. The SMILES string of the molecule is NNc1c(Br)cccc1C(=O)Cl. The fourth-order valence-corrected chi connectivity index (χ4v) is 1.47. The molecule has 3 nitrogen and oxygen atoms in total. The molecule has 0 aromatic heterocycles. The number of halogens is 2. The summed E-state index contributed by atoms with van der Waals surface area (Å²) in [5.74, 6) is 5.20. The average molecular weight is 249 g/mol. The minimum Gasteiger partial charge on any atom is -0.322 e. The van der Waals surface area contributed by atoms with Gasteiger partial charge in [0.05, 0.1) is 11.3 Å². The molecule has 0 saturated carbocycles. The van der Waals surface area contributed by atoms with Crippen molar-refractivity contribution in [1.29, 1.82) is 0 Å². The Morgan fingerprint density at radius 3 is 2.67 bits per heavy atom. The van der Waals surface area contributed by atoms with Crippen LogP contribution in [0.5, 0.6) is 0 Å². The van der Waals surface area contributed by atoms with Gasteiger partial charge in [0, 0.05) is 4.47 Å². The van der Waals surface area contributed by atoms with Crippen LogP contribution in [0.1, 0.15) is 10.4 Å². The third-order valence-electron chi connectivity index (χ3n) is 1.37. The number of rotatable bonds is 2. The van der Waals surface area contributed by atoms with Crippen LogP contribution in [0.15, 0.2) is 22.7 Å². The van der Waals surface area contributed by atoms with Crippen molar-refractivity contribution < 1.29 is 4.79 Å². The van der Waals surface area contributed by atoms with Gasteiger partial charge in [0.25, 0.3) is 5.24 Å². The van der Waals surface area contributed by atoms with Gasteiger partial charge in [-0.3, -0.25) is 10.6 Å². The number of para-hydroxylation sites is 1. The maximum absolute atomic E-state index is 10.8. The Bertz CT molecular complexity index is 316. The molecule has 0 amide bonds. The molecule has 12 heavy (non-hydrogen) atoms. The van der Waals surface area contributed by atoms with E-state index in [-0.39, 0.29) is 0 Å². The maximum Gasteiger partial charge on any atom is 0.254 e. The van der Waals surface area contributed by atoms with E-state index < -0.39 is 5.24 Å². The quantitative estimate of drug-likeness (QED) is 0.479. The van der Waals surface area contributed by atoms with Gasteiger partial charge in [-0.1, -0.05) is 6.07 Å². The fourth-order valence-electron chi connectivity index (χ4n) is 0.835. The summed E-state index contributed by atoms with van der Waals surface area (Å²) in [6.07, 6.45) is 0. The number of hydrazine groups is 1. The fraction of sp³-hybridized carbons (Fsp3) is 0. The third-order valence-corrected chi connectivity index (χ3v) is 2.23. The zero-order chi connectivity index (χ0) is 9.14. The van der Waals surface area contributed by atoms with Crippen LogP contribution in [0.25, 0.3) is 0 Å². The van der Waals surface area contributed by atoms with E-state index in [4.69, 9.17) is 17.4 Å². The van der Waals surface area contributed by atoms with Gasteiger partial charge in [-0.15, -0.1) is 0 Å². The first-order valence-corrected chi connectivity index (χ1v) is 4.29. The van der Waals surface area contributed by atoms with Crippen molar-refractivity contribution in [3.63, 3.8) is 0 Å². The first-order valence-electron chi connectivity index (χ1n) is 3.11. The van der Waals surface area contributed by atoms with Gasteiger partial charge < -0.3 is 5.43 Å². The Hall–Kier alpha value is -0.580. The summed E-state index contributed by atoms with van der Waals surface area (Å²) in [6, 6.07) is 5.06. The first-order chi connectivity index (χ1) is 5.66. The minimum absolute atomic E-state index is 0.355. The van der Waals surface area contributed by atoms with Gasteiger partial charge in [-0.25, -0.2) is 0 Å². The largest absolute Gasteiger partial charge is 0.322 e. The van der Waals surface area contributed by atoms with Crippen LogP contribution in [0.3, 0.4) is 0 Å². The molecule has 0 aliphatic carbocycles. The van der Waals surface area contributed by atoms with E-state index in [0.29, 0.717) is 15.7 Å². The highest BCUT2D eigenvalue weighted by molar-refractivity contribution is 9.10. The van der Waals surface area contributed by atoms with Gasteiger partial charge in [-0.2, -0.15) is 0 Å². The number of carbonyl (C=O) groups is 1. The van der Waals surface area contributed by atoms with Crippen molar-refractivity contribution in [2.45, 2.75) is 0 Å². The second kappa shape index (κ2) is 3.89. The molecule has 0 radical (unpaired) electrons. The topological polar surface area (TPSA) is 55.1 Å². The molecular weight excluding hydrogens is 243 g/mol. The monoisotopic (exact) mass is 248 g/mol. The molecule has 0 saturated heterocycles. The molecule has 1 aromatic rings. The van der Waals surface area contributed by atoms with Crippen LogP contribution in [-0.4, -0.2) is 5.24 Å². The van der Waals surface area contributed by atoms with Gasteiger partial charge in [0.2, 0.25) is 0 Å². The molecule has 1 aromatic carbocycles. The second-order valence-electron chi connectivity index (χ2n) is 2.08. The summed E-state index contributed by atoms with van der Waals surface area (Å²) in [5, 5.41) is -0.538. The van der Waals surface area contributed by atoms with Crippen molar-refractivity contribution in [3.8, 4) is 0 Å². The van der Waals surface area contributed by atoms with E-state index in [1.54, 1.807) is 18.2 Å². The van der Waals surface area contributed by atoms with Crippen LogP contribution in [-0.2, 0) is 0 Å². The number of nitrogens with two attached hydrogens (primary N) is 1. The average Bonchev–Trinajstić information content (AvgIpc) is 2.03. The Morgan fingerprint density at radius 2 is 2.25 bits per heavy atom. The maximum atomic E-state index is 10.8. The Morgan fingerprint density at radius 1 is 1.58 bits per heavy atom. The molecule has 3 N–H and O–H groups in total. The van der Waals surface area contributed by atoms with Crippen molar-refractivity contribution in [2.75, 3.05) is 5.43 Å². The number of anilines is 1. The number of hydrogen-bond donors (Lipinski definition) is 2. The second-order valence-corrected chi connectivity index (χ2v) is 3.28. The number of nitrogens with one attached hydrogen (secondary N) is 1. The van der Waals surface area contributed by atoms with Crippen LogP contribution < -0.4 is 11.3 Å². The van der Waals surface area contributed by atoms with Crippen molar-refractivity contribution in [2.24, 2.45) is 5.84 Å². The summed E-state index contributed by atoms with van der Waals surface area (Å²) in [4.78, 5) is 10.8. The molecular formula is C7H6BrClN2O. The highest BCUT2D eigenvalue weighted by Crippen LogP contribution is 2.26. The molecule has 0 atom stereocenters. The Balaban J connectivity index is 3.27. The lowest BCUT2D eigenvalue weighted by atomic mass is 10.2. The summed E-state index contributed by atoms with van der Waals surface area (Å²) in [6.45, 7) is 0. The van der Waals surface area contributed by atoms with E-state index in [1.165, 1.54) is 0 Å². The molecule has 1 rings (SSSR count). The van der Waals surface area contributed by atoms with Crippen molar-refractivity contribution in [1.82, 2.24) is 0 Å². The summed E-state index contributed by atoms with van der Waals surface area (Å²) in [5.41, 5.74) is 3.25. The molecule has 0 bridgehead atoms. The molecule has 0 spiro atoms. The lowest BCUT2D eigenvalue weighted by molar-refractivity contribution is 0.108. The lowest BCUT2D eigenvalue weighted by Crippen LogP contribution is -2.10. The van der Waals surface area contributed by atoms with Crippen LogP contribution >= 0.6 is 27.5 Å². The van der Waals surface area contributed by atoms with Gasteiger partial charge in [0.15, 0.2) is 0 Å². The highest BCUT2D eigenvalue weighted by Gasteiger charge is 2.09. The standard InChI is InChI=1S/C7H6BrClN2O/c8-5-3-1-2-4(7(9)12)6(5)11-10/h1-3,11H,10H2. The molecule has 0 aliphatic rings. The third kappa shape index (κ3) is 1.77. The molecule has 64 valence electrons. The molecule has 0 heterocycles. The highest BCUT2D eigenvalue weighted by atomic mass is 79.9. The van der Waals surface area contributed by atoms with Crippen LogP contribution in [0.2, 0.25) is 0 Å². The molecule has 0 fully saturated rings. The van der Waals surface area contributed by atoms with Crippen molar-refractivity contribution >= 4 is 38.5 Å². The zero-order valence-electron chi connectivity index (χ0n) is 5.97. The van der Waals surface area contributed by atoms with Gasteiger partial charge in [-0.05, 0) is 39.7 Å². The molecule has 0 aliphatic heterocycles. The predicted octanol–water partition coefficient (Wildman–Crippen LogP) is 2.11. The van der Waals surface area contributed by atoms with Crippen molar-refractivity contribution in [3.05, 3.63) is 28.2 Å². The van der Waals surface area contributed by atoms with E-state index in [0.717, 1.165) is 0 Å². The number of carbonyl (C=O) groups excluding carboxylic acids is 1. The van der Waals surface area contributed by atoms with Crippen LogP contribution in [0.4, 0.5) is 5.69 Å². The Labute approximate surface area is 83.0 Å². The minimum atomic E-state index is -0.538. The normalized spacial score (nSPS) is 9.58. The van der Waals surface area contributed by atoms with E-state index >= 15 is 0 Å². The van der Waals surface area contributed by atoms with E-state index in [1.807, 2.05) is 0 Å². The summed E-state index contributed by atoms with van der Waals surface area (Å²) < 4.78 is 0.705. The first kappa shape index (κ1) is 9.51. The number of benzene rings is 1. The molecule has 0 unspecified atom stereocenters. The Kier molecular flexibility index (Phi) is 3.08. The summed E-state index contributed by atoms with van der Waals surface area (Å²) in [7, 11) is 0. The zero-order valence-corrected chi connectivity index (χ0v) is 8.32. The van der Waals surface area contributed by atoms with E-state index in [9.17, 15) is 4.79 Å². The van der Waals surface area contributed by atoms with E-state index in [2.05, 4.69) is 21.4 Å². The number of hydrogen-bond acceptors (Lipinski definition) is 3. The van der Waals surface area contributed by atoms with Gasteiger partial charge >= 0.3 is 0 Å². The molecule has 5 heteroatoms. The van der Waals surface area contributed by atoms with Gasteiger partial charge in [0.1, 0.15) is 0 Å². The smallest absolute Gasteiger partial charge is 0.254 e. The number of nitrogen functional groups attached to an aromatic ring is 1. The summed E-state index contributed by atoms with van der Waals surface area (Å²) >= 11 is 8.53. The predicted molar refractivity (Wildman–Crippen MR) is 52.1 cm³/mol. The van der Waals surface area contributed by atoms with Crippen LogP contribution in [0, 0.1) is 0 Å².